The molecule has 3 aromatic carbocycles. The number of hydrogen-bond donors (Lipinski definition) is 1. The molecule has 1 N–H and O–H groups in total. The molecule has 1 fully saturated rings. The van der Waals surface area contributed by atoms with Crippen molar-refractivity contribution in [2.45, 2.75) is 75.9 Å². The lowest BCUT2D eigenvalue weighted by molar-refractivity contribution is -0.385. The van der Waals surface area contributed by atoms with Crippen LogP contribution in [0.5, 0.6) is 5.75 Å². The van der Waals surface area contributed by atoms with Crippen LogP contribution in [0.2, 0.25) is 10.0 Å². The fourth-order valence-electron chi connectivity index (χ4n) is 5.67. The first kappa shape index (κ1) is 36.0. The number of ether oxygens (including phenoxy) is 1. The Hall–Kier alpha value is -3.87. The van der Waals surface area contributed by atoms with Gasteiger partial charge in [0.15, 0.2) is 0 Å². The first-order valence-electron chi connectivity index (χ1n) is 15.3. The number of nitrogens with one attached hydrogen (secondary N) is 1. The minimum Gasteiger partial charge on any atom is -0.497 e. The summed E-state index contributed by atoms with van der Waals surface area (Å²) < 4.78 is 34.5. The van der Waals surface area contributed by atoms with E-state index in [-0.39, 0.29) is 56.8 Å². The van der Waals surface area contributed by atoms with Gasteiger partial charge in [-0.2, -0.15) is 0 Å². The summed E-state index contributed by atoms with van der Waals surface area (Å²) in [6.45, 7) is 2.37. The van der Waals surface area contributed by atoms with E-state index in [1.807, 2.05) is 0 Å². The summed E-state index contributed by atoms with van der Waals surface area (Å²) >= 11 is 13.0. The van der Waals surface area contributed by atoms with Gasteiger partial charge in [-0.1, -0.05) is 61.5 Å². The Labute approximate surface area is 285 Å². The van der Waals surface area contributed by atoms with E-state index in [1.54, 1.807) is 25.1 Å². The van der Waals surface area contributed by atoms with Crippen molar-refractivity contribution in [3.8, 4) is 5.75 Å². The van der Waals surface area contributed by atoms with Crippen molar-refractivity contribution in [1.82, 2.24) is 10.2 Å². The maximum absolute atomic E-state index is 14.4. The highest BCUT2D eigenvalue weighted by Gasteiger charge is 2.35. The van der Waals surface area contributed by atoms with E-state index in [0.29, 0.717) is 11.3 Å². The number of amides is 2. The molecule has 1 unspecified atom stereocenters. The van der Waals surface area contributed by atoms with E-state index in [1.165, 1.54) is 55.3 Å². The van der Waals surface area contributed by atoms with Gasteiger partial charge in [0.1, 0.15) is 18.3 Å². The molecule has 1 aliphatic rings. The smallest absolute Gasteiger partial charge is 0.273 e. The predicted molar refractivity (Wildman–Crippen MR) is 181 cm³/mol. The monoisotopic (exact) mass is 704 g/mol. The summed E-state index contributed by atoms with van der Waals surface area (Å²) in [5.74, 6) is -0.611. The van der Waals surface area contributed by atoms with Gasteiger partial charge in [-0.05, 0) is 68.7 Å². The maximum atomic E-state index is 14.4. The average Bonchev–Trinajstić information content (AvgIpc) is 3.05. The molecule has 0 aromatic heterocycles. The fourth-order valence-corrected chi connectivity index (χ4v) is 7.62. The van der Waals surface area contributed by atoms with Crippen LogP contribution in [0.1, 0.15) is 56.6 Å². The molecular weight excluding hydrogens is 667 g/mol. The normalized spacial score (nSPS) is 14.2. The van der Waals surface area contributed by atoms with E-state index in [0.717, 1.165) is 42.5 Å². The molecule has 11 nitrogen and oxygen atoms in total. The van der Waals surface area contributed by atoms with Crippen LogP contribution >= 0.6 is 23.2 Å². The summed E-state index contributed by atoms with van der Waals surface area (Å²) in [4.78, 5) is 40.1. The zero-order valence-electron chi connectivity index (χ0n) is 26.4. The van der Waals surface area contributed by atoms with Crippen LogP contribution < -0.4 is 14.4 Å². The van der Waals surface area contributed by atoms with Crippen LogP contribution in [0.25, 0.3) is 0 Å². The molecular formula is C33H38Cl2N4O7S. The Morgan fingerprint density at radius 3 is 2.26 bits per heavy atom. The van der Waals surface area contributed by atoms with Gasteiger partial charge < -0.3 is 15.0 Å². The third-order valence-electron chi connectivity index (χ3n) is 8.33. The number of anilines is 1. The van der Waals surface area contributed by atoms with Gasteiger partial charge in [-0.3, -0.25) is 24.0 Å². The minimum atomic E-state index is -4.55. The number of nitro groups is 1. The van der Waals surface area contributed by atoms with Crippen molar-refractivity contribution >= 4 is 56.4 Å². The highest BCUT2D eigenvalue weighted by Crippen LogP contribution is 2.31. The molecule has 252 valence electrons. The zero-order chi connectivity index (χ0) is 34.3. The van der Waals surface area contributed by atoms with Crippen molar-refractivity contribution in [3.63, 3.8) is 0 Å². The fraction of sp³-hybridized carbons (Fsp3) is 0.394. The van der Waals surface area contributed by atoms with Gasteiger partial charge in [-0.15, -0.1) is 0 Å². The van der Waals surface area contributed by atoms with Gasteiger partial charge in [-0.25, -0.2) is 8.42 Å². The third-order valence-corrected chi connectivity index (χ3v) is 10.8. The molecule has 1 aliphatic carbocycles. The molecule has 3 aromatic rings. The van der Waals surface area contributed by atoms with E-state index >= 15 is 0 Å². The lowest BCUT2D eigenvalue weighted by Crippen LogP contribution is -2.54. The number of methoxy groups -OCH3 is 1. The quantitative estimate of drug-likeness (QED) is 0.155. The number of nitrogens with zero attached hydrogens (tertiary/aromatic N) is 3. The topological polar surface area (TPSA) is 139 Å². The Balaban J connectivity index is 1.78. The molecule has 0 aliphatic heterocycles. The van der Waals surface area contributed by atoms with Crippen molar-refractivity contribution < 1.29 is 27.7 Å². The van der Waals surface area contributed by atoms with E-state index in [9.17, 15) is 28.1 Å². The van der Waals surface area contributed by atoms with Gasteiger partial charge in [0.05, 0.1) is 22.6 Å². The van der Waals surface area contributed by atoms with Gasteiger partial charge in [0.25, 0.3) is 15.7 Å². The summed E-state index contributed by atoms with van der Waals surface area (Å²) in [5.41, 5.74) is 0.407. The predicted octanol–water partition coefficient (Wildman–Crippen LogP) is 6.67. The van der Waals surface area contributed by atoms with Crippen molar-refractivity contribution in [3.05, 3.63) is 92.0 Å². The van der Waals surface area contributed by atoms with E-state index < -0.39 is 33.4 Å². The second-order valence-electron chi connectivity index (χ2n) is 11.4. The number of carbonyl (C=O) groups is 2. The van der Waals surface area contributed by atoms with Crippen molar-refractivity contribution in [2.24, 2.45) is 0 Å². The molecule has 47 heavy (non-hydrogen) atoms. The largest absolute Gasteiger partial charge is 0.497 e. The molecule has 2 amide bonds. The number of hydrogen-bond acceptors (Lipinski definition) is 7. The number of carbonyl (C=O) groups excluding carboxylic acids is 2. The van der Waals surface area contributed by atoms with Gasteiger partial charge in [0.2, 0.25) is 11.8 Å². The molecule has 0 saturated heterocycles. The summed E-state index contributed by atoms with van der Waals surface area (Å²) in [6, 6.07) is 13.5. The number of sulfonamides is 1. The number of aryl methyl sites for hydroxylation is 1. The van der Waals surface area contributed by atoms with E-state index in [2.05, 4.69) is 5.32 Å². The Morgan fingerprint density at radius 1 is 1.04 bits per heavy atom. The molecule has 0 bridgehead atoms. The number of halogens is 2. The van der Waals surface area contributed by atoms with Gasteiger partial charge in [0, 0.05) is 39.8 Å². The SMILES string of the molecule is CCC(C(=O)NC1CCCCC1)N(Cc1c(Cl)cccc1Cl)C(=O)CN(c1ccc(OC)cc1)S(=O)(=O)c1ccc(C)c([N+](=O)[O-])c1. The average molecular weight is 706 g/mol. The number of rotatable bonds is 13. The Morgan fingerprint density at radius 2 is 1.68 bits per heavy atom. The van der Waals surface area contributed by atoms with Crippen molar-refractivity contribution in [1.29, 1.82) is 0 Å². The molecule has 1 atom stereocenters. The summed E-state index contributed by atoms with van der Waals surface area (Å²) in [5, 5.41) is 15.3. The van der Waals surface area contributed by atoms with Crippen LogP contribution in [0.3, 0.4) is 0 Å². The Kier molecular flexibility index (Phi) is 12.1. The molecule has 14 heteroatoms. The number of benzene rings is 3. The van der Waals surface area contributed by atoms with Crippen LogP contribution in [0.15, 0.2) is 65.6 Å². The summed E-state index contributed by atoms with van der Waals surface area (Å²) in [7, 11) is -3.09. The highest BCUT2D eigenvalue weighted by atomic mass is 35.5. The van der Waals surface area contributed by atoms with Crippen molar-refractivity contribution in [2.75, 3.05) is 18.0 Å². The van der Waals surface area contributed by atoms with Gasteiger partial charge >= 0.3 is 0 Å². The molecule has 0 radical (unpaired) electrons. The molecule has 4 rings (SSSR count). The third kappa shape index (κ3) is 8.54. The van der Waals surface area contributed by atoms with Crippen LogP contribution in [-0.4, -0.2) is 55.8 Å². The second-order valence-corrected chi connectivity index (χ2v) is 14.1. The van der Waals surface area contributed by atoms with Crippen LogP contribution in [0, 0.1) is 17.0 Å². The van der Waals surface area contributed by atoms with Crippen LogP contribution in [-0.2, 0) is 26.2 Å². The molecule has 1 saturated carbocycles. The minimum absolute atomic E-state index is 0.0281. The lowest BCUT2D eigenvalue weighted by Gasteiger charge is -2.34. The molecule has 0 spiro atoms. The zero-order valence-corrected chi connectivity index (χ0v) is 28.8. The highest BCUT2D eigenvalue weighted by molar-refractivity contribution is 7.92. The second kappa shape index (κ2) is 15.8. The van der Waals surface area contributed by atoms with Crippen LogP contribution in [0.4, 0.5) is 11.4 Å². The van der Waals surface area contributed by atoms with E-state index in [4.69, 9.17) is 27.9 Å². The molecule has 0 heterocycles. The first-order chi connectivity index (χ1) is 22.4. The standard InChI is InChI=1S/C33H38Cl2N4O7S/c1-4-30(33(41)36-23-9-6-5-7-10-23)37(20-27-28(34)11-8-12-29(27)35)32(40)21-38(24-14-16-25(46-3)17-15-24)47(44,45)26-18-13-22(2)31(19-26)39(42)43/h8,11-19,23,30H,4-7,9-10,20-21H2,1-3H3,(H,36,41). The maximum Gasteiger partial charge on any atom is 0.273 e. The number of nitro benzene ring substituents is 1. The lowest BCUT2D eigenvalue weighted by atomic mass is 9.95. The summed E-state index contributed by atoms with van der Waals surface area (Å²) in [6.07, 6.45) is 4.97. The Bertz CT molecular complexity index is 1690. The first-order valence-corrected chi connectivity index (χ1v) is 17.5.